The molecule has 0 saturated heterocycles. The Morgan fingerprint density at radius 3 is 3.00 bits per heavy atom. The first-order chi connectivity index (χ1) is 6.83. The van der Waals surface area contributed by atoms with Crippen molar-refractivity contribution in [1.82, 2.24) is 10.1 Å². The van der Waals surface area contributed by atoms with Gasteiger partial charge < -0.3 is 14.9 Å². The van der Waals surface area contributed by atoms with Gasteiger partial charge in [0, 0.05) is 18.9 Å². The van der Waals surface area contributed by atoms with Crippen molar-refractivity contribution >= 4 is 17.8 Å². The third-order valence-corrected chi connectivity index (χ3v) is 2.57. The van der Waals surface area contributed by atoms with Crippen molar-refractivity contribution in [3.05, 3.63) is 5.82 Å². The number of aliphatic hydroxyl groups is 1. The van der Waals surface area contributed by atoms with Crippen molar-refractivity contribution in [3.8, 4) is 0 Å². The van der Waals surface area contributed by atoms with Crippen molar-refractivity contribution in [2.24, 2.45) is 0 Å². The third kappa shape index (κ3) is 4.48. The van der Waals surface area contributed by atoms with E-state index in [9.17, 15) is 0 Å². The van der Waals surface area contributed by atoms with Crippen LogP contribution in [0, 0.1) is 6.92 Å². The van der Waals surface area contributed by atoms with Crippen molar-refractivity contribution < 1.29 is 9.63 Å². The van der Waals surface area contributed by atoms with Gasteiger partial charge in [-0.05, 0) is 19.1 Å². The van der Waals surface area contributed by atoms with Gasteiger partial charge in [0.15, 0.2) is 5.82 Å². The van der Waals surface area contributed by atoms with E-state index < -0.39 is 0 Å². The first-order valence-electron chi connectivity index (χ1n) is 4.55. The van der Waals surface area contributed by atoms with Gasteiger partial charge in [0.25, 0.3) is 0 Å². The molecule has 1 aromatic heterocycles. The Bertz CT molecular complexity index is 254. The van der Waals surface area contributed by atoms with E-state index in [2.05, 4.69) is 15.5 Å². The molecule has 1 heterocycles. The molecule has 0 amide bonds. The molecule has 0 bridgehead atoms. The number of nitrogens with one attached hydrogen (secondary N) is 1. The number of hydrogen-bond acceptors (Lipinski definition) is 6. The average Bonchev–Trinajstić information content (AvgIpc) is 2.58. The van der Waals surface area contributed by atoms with Crippen LogP contribution in [-0.2, 0) is 0 Å². The van der Waals surface area contributed by atoms with E-state index in [1.807, 2.05) is 0 Å². The van der Waals surface area contributed by atoms with E-state index in [4.69, 9.17) is 9.63 Å². The summed E-state index contributed by atoms with van der Waals surface area (Å²) in [4.78, 5) is 4.01. The zero-order chi connectivity index (χ0) is 10.2. The van der Waals surface area contributed by atoms with Gasteiger partial charge in [-0.1, -0.05) is 5.16 Å². The Balaban J connectivity index is 1.99. The van der Waals surface area contributed by atoms with E-state index in [1.165, 1.54) is 0 Å². The summed E-state index contributed by atoms with van der Waals surface area (Å²) in [5, 5.41) is 15.2. The molecule has 5 nitrogen and oxygen atoms in total. The van der Waals surface area contributed by atoms with Crippen LogP contribution in [0.2, 0.25) is 0 Å². The van der Waals surface area contributed by atoms with Crippen LogP contribution in [0.1, 0.15) is 12.2 Å². The number of hydrogen-bond donors (Lipinski definition) is 2. The number of anilines is 1. The van der Waals surface area contributed by atoms with E-state index in [-0.39, 0.29) is 6.61 Å². The van der Waals surface area contributed by atoms with Gasteiger partial charge in [-0.2, -0.15) is 16.7 Å². The van der Waals surface area contributed by atoms with Gasteiger partial charge in [-0.3, -0.25) is 0 Å². The van der Waals surface area contributed by atoms with Crippen LogP contribution in [0.15, 0.2) is 4.52 Å². The smallest absolute Gasteiger partial charge is 0.321 e. The lowest BCUT2D eigenvalue weighted by Gasteiger charge is -2.00. The lowest BCUT2D eigenvalue weighted by molar-refractivity contribution is 0.296. The number of nitrogens with zero attached hydrogens (tertiary/aromatic N) is 2. The zero-order valence-corrected chi connectivity index (χ0v) is 9.01. The topological polar surface area (TPSA) is 71.2 Å². The van der Waals surface area contributed by atoms with Crippen LogP contribution in [0.5, 0.6) is 0 Å². The fourth-order valence-corrected chi connectivity index (χ4v) is 1.65. The molecule has 2 N–H and O–H groups in total. The second-order valence-electron chi connectivity index (χ2n) is 2.76. The first-order valence-corrected chi connectivity index (χ1v) is 5.71. The maximum absolute atomic E-state index is 8.54. The number of aliphatic hydroxyl groups excluding tert-OH is 1. The Hall–Kier alpha value is -0.750. The summed E-state index contributed by atoms with van der Waals surface area (Å²) in [6, 6.07) is 0.477. The quantitative estimate of drug-likeness (QED) is 0.661. The maximum Gasteiger partial charge on any atom is 0.321 e. The van der Waals surface area contributed by atoms with Crippen molar-refractivity contribution in [1.29, 1.82) is 0 Å². The standard InChI is InChI=1S/C8H15N3O2S/c1-7-10-8(13-11-7)9-3-6-14-5-2-4-12/h12H,2-6H2,1H3,(H,9,10,11). The molecule has 0 atom stereocenters. The molecule has 0 aromatic carbocycles. The summed E-state index contributed by atoms with van der Waals surface area (Å²) < 4.78 is 4.87. The Labute approximate surface area is 87.3 Å². The van der Waals surface area contributed by atoms with Gasteiger partial charge in [0.1, 0.15) is 0 Å². The highest BCUT2D eigenvalue weighted by molar-refractivity contribution is 7.99. The molecule has 6 heteroatoms. The maximum atomic E-state index is 8.54. The van der Waals surface area contributed by atoms with E-state index in [1.54, 1.807) is 18.7 Å². The molecule has 14 heavy (non-hydrogen) atoms. The summed E-state index contributed by atoms with van der Waals surface area (Å²) in [6.45, 7) is 2.85. The largest absolute Gasteiger partial charge is 0.396 e. The van der Waals surface area contributed by atoms with Crippen LogP contribution >= 0.6 is 11.8 Å². The molecular weight excluding hydrogens is 202 g/mol. The lowest BCUT2D eigenvalue weighted by atomic mass is 10.5. The highest BCUT2D eigenvalue weighted by Gasteiger charge is 1.99. The number of rotatable bonds is 7. The average molecular weight is 217 g/mol. The molecule has 0 radical (unpaired) electrons. The van der Waals surface area contributed by atoms with Crippen LogP contribution in [0.3, 0.4) is 0 Å². The second kappa shape index (κ2) is 6.67. The van der Waals surface area contributed by atoms with E-state index in [0.717, 1.165) is 24.5 Å². The monoisotopic (exact) mass is 217 g/mol. The van der Waals surface area contributed by atoms with Crippen LogP contribution < -0.4 is 5.32 Å². The summed E-state index contributed by atoms with van der Waals surface area (Å²) in [7, 11) is 0. The Morgan fingerprint density at radius 2 is 2.36 bits per heavy atom. The molecule has 1 rings (SSSR count). The third-order valence-electron chi connectivity index (χ3n) is 1.50. The molecule has 0 saturated carbocycles. The molecular formula is C8H15N3O2S. The van der Waals surface area contributed by atoms with Crippen molar-refractivity contribution in [2.75, 3.05) is 30.0 Å². The molecule has 0 aliphatic rings. The molecule has 0 aliphatic heterocycles. The normalized spacial score (nSPS) is 10.4. The molecule has 0 unspecified atom stereocenters. The molecule has 1 aromatic rings. The van der Waals surface area contributed by atoms with Gasteiger partial charge in [0.2, 0.25) is 0 Å². The number of thioether (sulfide) groups is 1. The fourth-order valence-electron chi connectivity index (χ4n) is 0.868. The minimum absolute atomic E-state index is 0.267. The van der Waals surface area contributed by atoms with Gasteiger partial charge in [0.05, 0.1) is 0 Å². The second-order valence-corrected chi connectivity index (χ2v) is 3.99. The first kappa shape index (κ1) is 11.3. The van der Waals surface area contributed by atoms with Crippen molar-refractivity contribution in [2.45, 2.75) is 13.3 Å². The highest BCUT2D eigenvalue weighted by Crippen LogP contribution is 2.04. The summed E-state index contributed by atoms with van der Waals surface area (Å²) >= 11 is 1.79. The van der Waals surface area contributed by atoms with Crippen LogP contribution in [0.4, 0.5) is 6.01 Å². The van der Waals surface area contributed by atoms with E-state index in [0.29, 0.717) is 11.8 Å². The minimum atomic E-state index is 0.267. The highest BCUT2D eigenvalue weighted by atomic mass is 32.2. The minimum Gasteiger partial charge on any atom is -0.396 e. The summed E-state index contributed by atoms with van der Waals surface area (Å²) in [5.41, 5.74) is 0. The number of aromatic nitrogens is 2. The Kier molecular flexibility index (Phi) is 5.39. The predicted molar refractivity (Wildman–Crippen MR) is 56.6 cm³/mol. The van der Waals surface area contributed by atoms with Crippen LogP contribution in [0.25, 0.3) is 0 Å². The van der Waals surface area contributed by atoms with Gasteiger partial charge >= 0.3 is 6.01 Å². The fraction of sp³-hybridized carbons (Fsp3) is 0.750. The molecule has 0 spiro atoms. The Morgan fingerprint density at radius 1 is 1.50 bits per heavy atom. The molecule has 80 valence electrons. The van der Waals surface area contributed by atoms with Crippen LogP contribution in [-0.4, -0.2) is 39.9 Å². The van der Waals surface area contributed by atoms with Crippen molar-refractivity contribution in [3.63, 3.8) is 0 Å². The lowest BCUT2D eigenvalue weighted by Crippen LogP contribution is -2.04. The summed E-state index contributed by atoms with van der Waals surface area (Å²) in [5.74, 6) is 2.60. The molecule has 0 fully saturated rings. The van der Waals surface area contributed by atoms with E-state index >= 15 is 0 Å². The zero-order valence-electron chi connectivity index (χ0n) is 8.19. The summed E-state index contributed by atoms with van der Waals surface area (Å²) in [6.07, 6.45) is 0.852. The molecule has 0 aliphatic carbocycles. The van der Waals surface area contributed by atoms with Gasteiger partial charge in [-0.15, -0.1) is 0 Å². The number of aryl methyl sites for hydroxylation is 1. The van der Waals surface area contributed by atoms with Gasteiger partial charge in [-0.25, -0.2) is 0 Å². The SMILES string of the molecule is Cc1noc(NCCSCCCO)n1. The predicted octanol–water partition coefficient (Wildman–Crippen LogP) is 0.906.